The fourth-order valence-corrected chi connectivity index (χ4v) is 2.57. The largest absolute Gasteiger partial charge is 0.361 e. The lowest BCUT2D eigenvalue weighted by Gasteiger charge is -2.05. The first-order valence-electron chi connectivity index (χ1n) is 7.53. The Kier molecular flexibility index (Phi) is 4.49. The number of hydrogen-bond acceptors (Lipinski definition) is 2. The lowest BCUT2D eigenvalue weighted by Crippen LogP contribution is -2.22. The molecule has 0 fully saturated rings. The molecule has 0 aliphatic rings. The summed E-state index contributed by atoms with van der Waals surface area (Å²) < 4.78 is 0. The number of nitrogens with zero attached hydrogens (tertiary/aromatic N) is 1. The lowest BCUT2D eigenvalue weighted by atomic mass is 10.1. The summed E-state index contributed by atoms with van der Waals surface area (Å²) in [6.45, 7) is 0.564. The van der Waals surface area contributed by atoms with Crippen LogP contribution in [-0.4, -0.2) is 15.9 Å². The number of aromatic nitrogens is 2. The molecule has 0 saturated heterocycles. The van der Waals surface area contributed by atoms with Crippen molar-refractivity contribution in [1.29, 1.82) is 0 Å². The molecule has 0 bridgehead atoms. The molecule has 0 radical (unpaired) electrons. The molecule has 22 heavy (non-hydrogen) atoms. The zero-order chi connectivity index (χ0) is 15.2. The Hall–Kier alpha value is -2.62. The van der Waals surface area contributed by atoms with Gasteiger partial charge in [0, 0.05) is 42.5 Å². The van der Waals surface area contributed by atoms with E-state index in [0.29, 0.717) is 13.0 Å². The van der Waals surface area contributed by atoms with E-state index in [-0.39, 0.29) is 5.91 Å². The normalized spacial score (nSPS) is 10.7. The van der Waals surface area contributed by atoms with E-state index in [0.717, 1.165) is 23.9 Å². The lowest BCUT2D eigenvalue weighted by molar-refractivity contribution is -0.121. The van der Waals surface area contributed by atoms with Gasteiger partial charge in [-0.15, -0.1) is 0 Å². The molecule has 4 nitrogen and oxygen atoms in total. The Labute approximate surface area is 129 Å². The second-order valence-electron chi connectivity index (χ2n) is 5.35. The Morgan fingerprint density at radius 1 is 1.14 bits per heavy atom. The minimum absolute atomic E-state index is 0.0941. The second-order valence-corrected chi connectivity index (χ2v) is 5.35. The van der Waals surface area contributed by atoms with Crippen molar-refractivity contribution < 1.29 is 4.79 Å². The Morgan fingerprint density at radius 2 is 1.95 bits per heavy atom. The topological polar surface area (TPSA) is 57.8 Å². The molecule has 2 aromatic heterocycles. The summed E-state index contributed by atoms with van der Waals surface area (Å²) in [5.74, 6) is 0.0941. The molecular formula is C18H19N3O. The predicted octanol–water partition coefficient (Wildman–Crippen LogP) is 3.20. The highest BCUT2D eigenvalue weighted by Crippen LogP contribution is 2.19. The van der Waals surface area contributed by atoms with E-state index < -0.39 is 0 Å². The smallest absolute Gasteiger partial charge is 0.220 e. The highest BCUT2D eigenvalue weighted by Gasteiger charge is 2.05. The third-order valence-electron chi connectivity index (χ3n) is 3.76. The number of para-hydroxylation sites is 1. The fraction of sp³-hybridized carbons (Fsp3) is 0.222. The van der Waals surface area contributed by atoms with Crippen molar-refractivity contribution in [3.8, 4) is 0 Å². The Balaban J connectivity index is 1.45. The molecule has 2 heterocycles. The van der Waals surface area contributed by atoms with Gasteiger partial charge in [-0.3, -0.25) is 9.78 Å². The van der Waals surface area contributed by atoms with Crippen molar-refractivity contribution in [2.24, 2.45) is 0 Å². The number of fused-ring (bicyclic) bond motifs is 1. The van der Waals surface area contributed by atoms with Crippen LogP contribution in [0.5, 0.6) is 0 Å². The number of carbonyl (C=O) groups is 1. The minimum atomic E-state index is 0.0941. The maximum atomic E-state index is 11.9. The van der Waals surface area contributed by atoms with Crippen LogP contribution in [0.15, 0.2) is 55.0 Å². The van der Waals surface area contributed by atoms with Crippen molar-refractivity contribution in [2.75, 3.05) is 0 Å². The van der Waals surface area contributed by atoms with Crippen LogP contribution in [0, 0.1) is 0 Å². The van der Waals surface area contributed by atoms with Crippen molar-refractivity contribution >= 4 is 16.8 Å². The van der Waals surface area contributed by atoms with Crippen molar-refractivity contribution in [3.63, 3.8) is 0 Å². The fourth-order valence-electron chi connectivity index (χ4n) is 2.57. The van der Waals surface area contributed by atoms with Crippen LogP contribution in [0.25, 0.3) is 10.9 Å². The van der Waals surface area contributed by atoms with E-state index in [2.05, 4.69) is 27.4 Å². The number of pyridine rings is 1. The molecule has 0 aliphatic carbocycles. The van der Waals surface area contributed by atoms with E-state index in [9.17, 15) is 4.79 Å². The van der Waals surface area contributed by atoms with Gasteiger partial charge in [0.15, 0.2) is 0 Å². The molecule has 0 spiro atoms. The first-order valence-corrected chi connectivity index (χ1v) is 7.53. The average Bonchev–Trinajstić information content (AvgIpc) is 2.97. The number of H-pyrrole nitrogens is 1. The van der Waals surface area contributed by atoms with Crippen LogP contribution in [0.3, 0.4) is 0 Å². The third kappa shape index (κ3) is 3.52. The zero-order valence-corrected chi connectivity index (χ0v) is 12.4. The average molecular weight is 293 g/mol. The monoisotopic (exact) mass is 293 g/mol. The van der Waals surface area contributed by atoms with Gasteiger partial charge < -0.3 is 10.3 Å². The van der Waals surface area contributed by atoms with Gasteiger partial charge in [0.05, 0.1) is 0 Å². The summed E-state index contributed by atoms with van der Waals surface area (Å²) in [7, 11) is 0. The quantitative estimate of drug-likeness (QED) is 0.733. The van der Waals surface area contributed by atoms with Crippen LogP contribution < -0.4 is 5.32 Å². The number of amides is 1. The SMILES string of the molecule is O=C(CCCc1c[nH]c2ccccc12)NCc1ccncc1. The summed E-state index contributed by atoms with van der Waals surface area (Å²) >= 11 is 0. The number of rotatable bonds is 6. The molecule has 0 saturated carbocycles. The molecule has 0 atom stereocenters. The molecule has 0 unspecified atom stereocenters. The zero-order valence-electron chi connectivity index (χ0n) is 12.4. The van der Waals surface area contributed by atoms with Gasteiger partial charge >= 0.3 is 0 Å². The molecule has 1 aromatic carbocycles. The third-order valence-corrected chi connectivity index (χ3v) is 3.76. The van der Waals surface area contributed by atoms with Gasteiger partial charge in [-0.1, -0.05) is 18.2 Å². The van der Waals surface area contributed by atoms with Crippen molar-refractivity contribution in [2.45, 2.75) is 25.8 Å². The summed E-state index contributed by atoms with van der Waals surface area (Å²) in [6, 6.07) is 12.1. The maximum absolute atomic E-state index is 11.9. The van der Waals surface area contributed by atoms with Gasteiger partial charge in [-0.2, -0.15) is 0 Å². The number of aryl methyl sites for hydroxylation is 1. The van der Waals surface area contributed by atoms with Crippen LogP contribution in [0.4, 0.5) is 0 Å². The molecule has 3 rings (SSSR count). The highest BCUT2D eigenvalue weighted by molar-refractivity contribution is 5.83. The molecular weight excluding hydrogens is 274 g/mol. The van der Waals surface area contributed by atoms with Crippen molar-refractivity contribution in [3.05, 3.63) is 66.1 Å². The number of nitrogens with one attached hydrogen (secondary N) is 2. The number of hydrogen-bond donors (Lipinski definition) is 2. The second kappa shape index (κ2) is 6.89. The number of benzene rings is 1. The summed E-state index contributed by atoms with van der Waals surface area (Å²) in [4.78, 5) is 19.1. The summed E-state index contributed by atoms with van der Waals surface area (Å²) in [5.41, 5.74) is 3.50. The molecule has 112 valence electrons. The van der Waals surface area contributed by atoms with Gasteiger partial charge in [0.2, 0.25) is 5.91 Å². The Morgan fingerprint density at radius 3 is 2.82 bits per heavy atom. The van der Waals surface area contributed by atoms with E-state index in [1.807, 2.05) is 30.5 Å². The maximum Gasteiger partial charge on any atom is 0.220 e. The van der Waals surface area contributed by atoms with Gasteiger partial charge in [-0.05, 0) is 42.2 Å². The van der Waals surface area contributed by atoms with Crippen LogP contribution >= 0.6 is 0 Å². The van der Waals surface area contributed by atoms with E-state index >= 15 is 0 Å². The number of aromatic amines is 1. The molecule has 3 aromatic rings. The molecule has 4 heteroatoms. The predicted molar refractivity (Wildman–Crippen MR) is 87.3 cm³/mol. The summed E-state index contributed by atoms with van der Waals surface area (Å²) in [6.07, 6.45) is 7.82. The van der Waals surface area contributed by atoms with E-state index in [4.69, 9.17) is 0 Å². The van der Waals surface area contributed by atoms with E-state index in [1.54, 1.807) is 12.4 Å². The molecule has 2 N–H and O–H groups in total. The first kappa shape index (κ1) is 14.3. The van der Waals surface area contributed by atoms with Crippen molar-refractivity contribution in [1.82, 2.24) is 15.3 Å². The molecule has 0 aliphatic heterocycles. The van der Waals surface area contributed by atoms with E-state index in [1.165, 1.54) is 10.9 Å². The van der Waals surface area contributed by atoms with Crippen LogP contribution in [0.2, 0.25) is 0 Å². The standard InChI is InChI=1S/C18H19N3O/c22-18(21-12-14-8-10-19-11-9-14)7-3-4-15-13-20-17-6-2-1-5-16(15)17/h1-2,5-6,8-11,13,20H,3-4,7,12H2,(H,21,22). The van der Waals surface area contributed by atoms with Crippen LogP contribution in [0.1, 0.15) is 24.0 Å². The summed E-state index contributed by atoms with van der Waals surface area (Å²) in [5, 5.41) is 4.19. The van der Waals surface area contributed by atoms with Gasteiger partial charge in [0.1, 0.15) is 0 Å². The minimum Gasteiger partial charge on any atom is -0.361 e. The highest BCUT2D eigenvalue weighted by atomic mass is 16.1. The van der Waals surface area contributed by atoms with Gasteiger partial charge in [-0.25, -0.2) is 0 Å². The number of carbonyl (C=O) groups excluding carboxylic acids is 1. The van der Waals surface area contributed by atoms with Crippen LogP contribution in [-0.2, 0) is 17.8 Å². The van der Waals surface area contributed by atoms with Gasteiger partial charge in [0.25, 0.3) is 0 Å². The molecule has 1 amide bonds. The first-order chi connectivity index (χ1) is 10.8. The Bertz CT molecular complexity index is 749.